The number of ether oxygens (including phenoxy) is 1. The molecule has 0 spiro atoms. The summed E-state index contributed by atoms with van der Waals surface area (Å²) in [5.74, 6) is 1.32. The summed E-state index contributed by atoms with van der Waals surface area (Å²) < 4.78 is 5.41. The fourth-order valence-electron chi connectivity index (χ4n) is 2.35. The molecule has 1 fully saturated rings. The summed E-state index contributed by atoms with van der Waals surface area (Å²) in [7, 11) is 4.33. The Bertz CT molecular complexity index is 440. The highest BCUT2D eigenvalue weighted by Gasteiger charge is 2.21. The van der Waals surface area contributed by atoms with Gasteiger partial charge in [-0.3, -0.25) is 4.90 Å². The number of likely N-dealkylation sites (N-methyl/N-ethyl adjacent to an activating group) is 2. The van der Waals surface area contributed by atoms with E-state index in [-0.39, 0.29) is 0 Å². The van der Waals surface area contributed by atoms with Gasteiger partial charge in [0.1, 0.15) is 5.82 Å². The molecule has 1 atom stereocenters. The van der Waals surface area contributed by atoms with Crippen molar-refractivity contribution in [2.45, 2.75) is 13.0 Å². The number of hydrogen-bond donors (Lipinski definition) is 2. The second-order valence-electron chi connectivity index (χ2n) is 5.30. The topological polar surface area (TPSA) is 66.7 Å². The van der Waals surface area contributed by atoms with Crippen molar-refractivity contribution in [2.75, 3.05) is 57.9 Å². The van der Waals surface area contributed by atoms with Crippen molar-refractivity contribution >= 4 is 11.5 Å². The Labute approximate surface area is 120 Å². The van der Waals surface area contributed by atoms with E-state index in [0.717, 1.165) is 32.0 Å². The Kier molecular flexibility index (Phi) is 5.03. The Hall–Kier alpha value is -1.53. The fraction of sp³-hybridized carbons (Fsp3) is 0.643. The largest absolute Gasteiger partial charge is 0.476 e. The van der Waals surface area contributed by atoms with E-state index < -0.39 is 0 Å². The molecule has 1 aliphatic heterocycles. The van der Waals surface area contributed by atoms with Crippen LogP contribution in [0.5, 0.6) is 5.88 Å². The Morgan fingerprint density at radius 2 is 2.20 bits per heavy atom. The van der Waals surface area contributed by atoms with E-state index in [2.05, 4.69) is 34.2 Å². The standard InChI is InChI=1S/C14H25N5O/c1-4-20-14-12(15)5-6-13(17-14)16-9-11-10-18(2)7-8-19(11)3/h5-6,11H,4,7-10,15H2,1-3H3,(H,16,17). The average Bonchev–Trinajstić information content (AvgIpc) is 2.43. The van der Waals surface area contributed by atoms with Gasteiger partial charge in [0.2, 0.25) is 5.88 Å². The normalized spacial score (nSPS) is 20.9. The summed E-state index contributed by atoms with van der Waals surface area (Å²) in [6, 6.07) is 4.21. The van der Waals surface area contributed by atoms with Gasteiger partial charge in [-0.2, -0.15) is 4.98 Å². The fourth-order valence-corrected chi connectivity index (χ4v) is 2.35. The lowest BCUT2D eigenvalue weighted by atomic mass is 10.2. The van der Waals surface area contributed by atoms with Gasteiger partial charge in [-0.1, -0.05) is 0 Å². The lowest BCUT2D eigenvalue weighted by Crippen LogP contribution is -2.52. The molecule has 3 N–H and O–H groups in total. The lowest BCUT2D eigenvalue weighted by molar-refractivity contribution is 0.122. The van der Waals surface area contributed by atoms with E-state index >= 15 is 0 Å². The van der Waals surface area contributed by atoms with Crippen LogP contribution in [0.4, 0.5) is 11.5 Å². The minimum absolute atomic E-state index is 0.489. The van der Waals surface area contributed by atoms with Crippen molar-refractivity contribution in [2.24, 2.45) is 0 Å². The summed E-state index contributed by atoms with van der Waals surface area (Å²) in [5, 5.41) is 3.38. The molecule has 112 valence electrons. The summed E-state index contributed by atoms with van der Waals surface area (Å²) in [6.45, 7) is 6.65. The first-order valence-electron chi connectivity index (χ1n) is 7.12. The molecule has 6 heteroatoms. The second kappa shape index (κ2) is 6.76. The number of anilines is 2. The summed E-state index contributed by atoms with van der Waals surface area (Å²) >= 11 is 0. The van der Waals surface area contributed by atoms with Crippen LogP contribution in [0, 0.1) is 0 Å². The minimum atomic E-state index is 0.489. The molecule has 0 radical (unpaired) electrons. The van der Waals surface area contributed by atoms with Gasteiger partial charge in [-0.15, -0.1) is 0 Å². The third-order valence-corrected chi connectivity index (χ3v) is 3.67. The van der Waals surface area contributed by atoms with E-state index in [1.54, 1.807) is 0 Å². The van der Waals surface area contributed by atoms with Crippen molar-refractivity contribution in [1.29, 1.82) is 0 Å². The molecule has 1 saturated heterocycles. The molecule has 2 rings (SSSR count). The van der Waals surface area contributed by atoms with E-state index in [0.29, 0.717) is 24.2 Å². The van der Waals surface area contributed by atoms with Gasteiger partial charge in [-0.05, 0) is 33.2 Å². The molecule has 1 aromatic rings. The molecule has 0 aliphatic carbocycles. The SMILES string of the molecule is CCOc1nc(NCC2CN(C)CCN2C)ccc1N. The molecule has 0 bridgehead atoms. The zero-order valence-electron chi connectivity index (χ0n) is 12.6. The molecule has 0 amide bonds. The maximum absolute atomic E-state index is 5.82. The first kappa shape index (κ1) is 14.9. The van der Waals surface area contributed by atoms with Gasteiger partial charge in [-0.25, -0.2) is 0 Å². The van der Waals surface area contributed by atoms with Gasteiger partial charge in [0.25, 0.3) is 0 Å². The number of rotatable bonds is 5. The van der Waals surface area contributed by atoms with Crippen LogP contribution < -0.4 is 15.8 Å². The first-order valence-corrected chi connectivity index (χ1v) is 7.12. The smallest absolute Gasteiger partial charge is 0.239 e. The van der Waals surface area contributed by atoms with Crippen molar-refractivity contribution in [3.8, 4) is 5.88 Å². The Morgan fingerprint density at radius 3 is 2.95 bits per heavy atom. The van der Waals surface area contributed by atoms with E-state index in [1.165, 1.54) is 0 Å². The first-order chi connectivity index (χ1) is 9.60. The number of nitrogen functional groups attached to an aromatic ring is 1. The minimum Gasteiger partial charge on any atom is -0.476 e. The summed E-state index contributed by atoms with van der Waals surface area (Å²) in [5.41, 5.74) is 6.40. The number of aromatic nitrogens is 1. The second-order valence-corrected chi connectivity index (χ2v) is 5.30. The monoisotopic (exact) mass is 279 g/mol. The van der Waals surface area contributed by atoms with Crippen molar-refractivity contribution in [3.05, 3.63) is 12.1 Å². The van der Waals surface area contributed by atoms with E-state index in [4.69, 9.17) is 10.5 Å². The van der Waals surface area contributed by atoms with Gasteiger partial charge in [0.05, 0.1) is 12.3 Å². The van der Waals surface area contributed by atoms with Gasteiger partial charge in [0.15, 0.2) is 0 Å². The Morgan fingerprint density at radius 1 is 1.40 bits per heavy atom. The van der Waals surface area contributed by atoms with Gasteiger partial charge < -0.3 is 20.7 Å². The summed E-state index contributed by atoms with van der Waals surface area (Å²) in [4.78, 5) is 9.14. The zero-order chi connectivity index (χ0) is 14.5. The molecule has 1 aromatic heterocycles. The number of piperazine rings is 1. The van der Waals surface area contributed by atoms with Crippen molar-refractivity contribution < 1.29 is 4.74 Å². The molecule has 1 unspecified atom stereocenters. The number of hydrogen-bond acceptors (Lipinski definition) is 6. The highest BCUT2D eigenvalue weighted by atomic mass is 16.5. The number of nitrogens with one attached hydrogen (secondary N) is 1. The van der Waals surface area contributed by atoms with Crippen molar-refractivity contribution in [3.63, 3.8) is 0 Å². The number of nitrogens with zero attached hydrogens (tertiary/aromatic N) is 3. The van der Waals surface area contributed by atoms with Crippen LogP contribution in [-0.4, -0.2) is 67.7 Å². The van der Waals surface area contributed by atoms with Crippen molar-refractivity contribution in [1.82, 2.24) is 14.8 Å². The van der Waals surface area contributed by atoms with Crippen LogP contribution in [0.2, 0.25) is 0 Å². The van der Waals surface area contributed by atoms with Crippen LogP contribution in [-0.2, 0) is 0 Å². The van der Waals surface area contributed by atoms with Crippen LogP contribution >= 0.6 is 0 Å². The average molecular weight is 279 g/mol. The van der Waals surface area contributed by atoms with E-state index in [1.807, 2.05) is 19.1 Å². The highest BCUT2D eigenvalue weighted by Crippen LogP contribution is 2.21. The molecule has 1 aliphatic rings. The zero-order valence-corrected chi connectivity index (χ0v) is 12.6. The molecule has 20 heavy (non-hydrogen) atoms. The van der Waals surface area contributed by atoms with Crippen LogP contribution in [0.3, 0.4) is 0 Å². The quantitative estimate of drug-likeness (QED) is 0.828. The molecule has 0 saturated carbocycles. The van der Waals surface area contributed by atoms with Gasteiger partial charge >= 0.3 is 0 Å². The van der Waals surface area contributed by atoms with Crippen LogP contribution in [0.25, 0.3) is 0 Å². The predicted molar refractivity (Wildman–Crippen MR) is 82.2 cm³/mol. The summed E-state index contributed by atoms with van der Waals surface area (Å²) in [6.07, 6.45) is 0. The molecule has 6 nitrogen and oxygen atoms in total. The molecular weight excluding hydrogens is 254 g/mol. The molecule has 0 aromatic carbocycles. The number of nitrogens with two attached hydrogens (primary N) is 1. The molecule has 2 heterocycles. The highest BCUT2D eigenvalue weighted by molar-refractivity contribution is 5.53. The maximum Gasteiger partial charge on any atom is 0.239 e. The lowest BCUT2D eigenvalue weighted by Gasteiger charge is -2.37. The Balaban J connectivity index is 1.94. The third kappa shape index (κ3) is 3.74. The third-order valence-electron chi connectivity index (χ3n) is 3.67. The number of pyridine rings is 1. The maximum atomic E-state index is 5.82. The predicted octanol–water partition coefficient (Wildman–Crippen LogP) is 0.720. The van der Waals surface area contributed by atoms with Gasteiger partial charge in [0, 0.05) is 32.2 Å². The van der Waals surface area contributed by atoms with E-state index in [9.17, 15) is 0 Å². The molecular formula is C14H25N5O. The van der Waals surface area contributed by atoms with Crippen LogP contribution in [0.15, 0.2) is 12.1 Å². The van der Waals surface area contributed by atoms with Crippen LogP contribution in [0.1, 0.15) is 6.92 Å².